The topological polar surface area (TPSA) is 24.9 Å². The molecule has 0 N–H and O–H groups in total. The molecule has 0 fully saturated rings. The first-order chi connectivity index (χ1) is 9.52. The van der Waals surface area contributed by atoms with E-state index in [4.69, 9.17) is 9.47 Å². The third kappa shape index (κ3) is 9.70. The Morgan fingerprint density at radius 2 is 1.00 bits per heavy atom. The summed E-state index contributed by atoms with van der Waals surface area (Å²) in [6.07, 6.45) is 0. The maximum atomic E-state index is 5.62. The van der Waals surface area contributed by atoms with Crippen molar-refractivity contribution >= 4 is 0 Å². The smallest absolute Gasteiger partial charge is 0.0701 e. The molecule has 0 spiro atoms. The van der Waals surface area contributed by atoms with Crippen LogP contribution in [0.2, 0.25) is 0 Å². The molecule has 0 aliphatic heterocycles. The highest BCUT2D eigenvalue weighted by Gasteiger charge is 2.06. The Kier molecular flexibility index (Phi) is 12.5. The van der Waals surface area contributed by atoms with E-state index in [0.29, 0.717) is 25.3 Å². The van der Waals surface area contributed by atoms with Crippen LogP contribution in [0.1, 0.15) is 41.5 Å². The lowest BCUT2D eigenvalue weighted by Crippen LogP contribution is -2.34. The fraction of sp³-hybridized carbons (Fsp3) is 1.00. The minimum Gasteiger partial charge on any atom is -0.378 e. The Morgan fingerprint density at radius 1 is 0.650 bits per heavy atom. The number of likely N-dealkylation sites (N-methyl/N-ethyl adjacent to an activating group) is 2. The number of hydrogen-bond donors (Lipinski definition) is 0. The summed E-state index contributed by atoms with van der Waals surface area (Å²) in [6.45, 7) is 20.4. The lowest BCUT2D eigenvalue weighted by atomic mass is 10.3. The lowest BCUT2D eigenvalue weighted by Gasteiger charge is -2.25. The van der Waals surface area contributed by atoms with E-state index in [1.165, 1.54) is 0 Å². The molecule has 0 saturated heterocycles. The van der Waals surface area contributed by atoms with Crippen LogP contribution >= 0.6 is 0 Å². The fourth-order valence-corrected chi connectivity index (χ4v) is 2.25. The second-order valence-corrected chi connectivity index (χ2v) is 5.67. The zero-order valence-electron chi connectivity index (χ0n) is 14.5. The molecule has 0 aromatic carbocycles. The van der Waals surface area contributed by atoms with Gasteiger partial charge in [-0.3, -0.25) is 9.80 Å². The molecule has 20 heavy (non-hydrogen) atoms. The van der Waals surface area contributed by atoms with Crippen molar-refractivity contribution in [2.75, 3.05) is 52.6 Å². The quantitative estimate of drug-likeness (QED) is 0.486. The van der Waals surface area contributed by atoms with Gasteiger partial charge in [-0.1, -0.05) is 13.8 Å². The van der Waals surface area contributed by atoms with Crippen molar-refractivity contribution in [1.29, 1.82) is 0 Å². The first kappa shape index (κ1) is 19.8. The van der Waals surface area contributed by atoms with E-state index in [1.54, 1.807) is 0 Å². The van der Waals surface area contributed by atoms with Crippen LogP contribution in [0.3, 0.4) is 0 Å². The van der Waals surface area contributed by atoms with Crippen LogP contribution in [0.25, 0.3) is 0 Å². The first-order valence-electron chi connectivity index (χ1n) is 8.16. The highest BCUT2D eigenvalue weighted by Crippen LogP contribution is 1.97. The Labute approximate surface area is 126 Å². The van der Waals surface area contributed by atoms with Gasteiger partial charge in [0.1, 0.15) is 0 Å². The van der Waals surface area contributed by atoms with Gasteiger partial charge >= 0.3 is 0 Å². The van der Waals surface area contributed by atoms with Crippen LogP contribution in [-0.2, 0) is 9.47 Å². The fourth-order valence-electron chi connectivity index (χ4n) is 2.25. The molecule has 0 heterocycles. The van der Waals surface area contributed by atoms with E-state index in [0.717, 1.165) is 39.4 Å². The molecule has 0 rings (SSSR count). The molecule has 0 bridgehead atoms. The summed E-state index contributed by atoms with van der Waals surface area (Å²) in [6, 6.07) is 1.19. The maximum absolute atomic E-state index is 5.62. The average Bonchev–Trinajstić information content (AvgIpc) is 2.40. The van der Waals surface area contributed by atoms with Gasteiger partial charge in [0.15, 0.2) is 0 Å². The molecule has 4 heteroatoms. The van der Waals surface area contributed by atoms with E-state index in [2.05, 4.69) is 51.3 Å². The minimum atomic E-state index is 0.593. The van der Waals surface area contributed by atoms with Crippen LogP contribution in [0.4, 0.5) is 0 Å². The van der Waals surface area contributed by atoms with Gasteiger partial charge in [0, 0.05) is 25.2 Å². The zero-order chi connectivity index (χ0) is 15.4. The number of hydrogen-bond acceptors (Lipinski definition) is 4. The molecule has 0 aromatic heterocycles. The molecule has 0 aliphatic carbocycles. The second kappa shape index (κ2) is 12.6. The van der Waals surface area contributed by atoms with Gasteiger partial charge in [-0.15, -0.1) is 0 Å². The molecular weight excluding hydrogens is 252 g/mol. The van der Waals surface area contributed by atoms with E-state index in [1.807, 2.05) is 0 Å². The van der Waals surface area contributed by atoms with Crippen LogP contribution in [0, 0.1) is 0 Å². The summed E-state index contributed by atoms with van der Waals surface area (Å²) >= 11 is 0. The van der Waals surface area contributed by atoms with Crippen molar-refractivity contribution in [3.8, 4) is 0 Å². The predicted molar refractivity (Wildman–Crippen MR) is 86.4 cm³/mol. The zero-order valence-corrected chi connectivity index (χ0v) is 14.5. The molecule has 4 nitrogen and oxygen atoms in total. The van der Waals surface area contributed by atoms with Gasteiger partial charge < -0.3 is 9.47 Å². The lowest BCUT2D eigenvalue weighted by molar-refractivity contribution is 0.0270. The number of ether oxygens (including phenoxy) is 2. The summed E-state index contributed by atoms with van der Waals surface area (Å²) in [4.78, 5) is 4.81. The van der Waals surface area contributed by atoms with E-state index >= 15 is 0 Å². The molecule has 0 aromatic rings. The summed E-state index contributed by atoms with van der Waals surface area (Å²) in [5.41, 5.74) is 0. The van der Waals surface area contributed by atoms with E-state index in [9.17, 15) is 0 Å². The summed E-state index contributed by atoms with van der Waals surface area (Å²) in [5.74, 6) is 0. The van der Waals surface area contributed by atoms with Crippen molar-refractivity contribution in [2.45, 2.75) is 53.6 Å². The van der Waals surface area contributed by atoms with Gasteiger partial charge in [0.05, 0.1) is 26.4 Å². The van der Waals surface area contributed by atoms with E-state index in [-0.39, 0.29) is 0 Å². The third-order valence-corrected chi connectivity index (χ3v) is 3.69. The molecule has 0 radical (unpaired) electrons. The third-order valence-electron chi connectivity index (χ3n) is 3.69. The van der Waals surface area contributed by atoms with Gasteiger partial charge in [-0.05, 0) is 40.8 Å². The van der Waals surface area contributed by atoms with Crippen LogP contribution in [-0.4, -0.2) is 74.5 Å². The summed E-state index contributed by atoms with van der Waals surface area (Å²) in [7, 11) is 0. The second-order valence-electron chi connectivity index (χ2n) is 5.67. The van der Waals surface area contributed by atoms with Gasteiger partial charge in [-0.25, -0.2) is 0 Å². The molecule has 122 valence electrons. The van der Waals surface area contributed by atoms with Crippen molar-refractivity contribution in [2.24, 2.45) is 0 Å². The predicted octanol–water partition coefficient (Wildman–Crippen LogP) is 2.48. The monoisotopic (exact) mass is 288 g/mol. The Bertz CT molecular complexity index is 189. The highest BCUT2D eigenvalue weighted by molar-refractivity contribution is 4.60. The van der Waals surface area contributed by atoms with Crippen LogP contribution in [0.5, 0.6) is 0 Å². The van der Waals surface area contributed by atoms with Crippen molar-refractivity contribution in [3.63, 3.8) is 0 Å². The van der Waals surface area contributed by atoms with Crippen LogP contribution in [0.15, 0.2) is 0 Å². The SMILES string of the molecule is CCN(CCOCCOCCN(CC)C(C)C)C(C)C. The summed E-state index contributed by atoms with van der Waals surface area (Å²) in [5, 5.41) is 0. The molecular formula is C16H36N2O2. The Hall–Kier alpha value is -0.160. The van der Waals surface area contributed by atoms with E-state index < -0.39 is 0 Å². The normalized spacial score (nSPS) is 12.3. The van der Waals surface area contributed by atoms with Crippen molar-refractivity contribution in [1.82, 2.24) is 9.80 Å². The minimum absolute atomic E-state index is 0.593. The first-order valence-corrected chi connectivity index (χ1v) is 8.16. The highest BCUT2D eigenvalue weighted by atomic mass is 16.5. The van der Waals surface area contributed by atoms with Crippen molar-refractivity contribution in [3.05, 3.63) is 0 Å². The van der Waals surface area contributed by atoms with Gasteiger partial charge in [-0.2, -0.15) is 0 Å². The van der Waals surface area contributed by atoms with Gasteiger partial charge in [0.25, 0.3) is 0 Å². The van der Waals surface area contributed by atoms with Gasteiger partial charge in [0.2, 0.25) is 0 Å². The number of rotatable bonds is 13. The average molecular weight is 288 g/mol. The Balaban J connectivity index is 3.41. The molecule has 0 saturated carbocycles. The maximum Gasteiger partial charge on any atom is 0.0701 e. The Morgan fingerprint density at radius 3 is 1.25 bits per heavy atom. The van der Waals surface area contributed by atoms with Crippen LogP contribution < -0.4 is 0 Å². The standard InChI is InChI=1S/C16H36N2O2/c1-7-17(15(3)4)9-11-19-13-14-20-12-10-18(8-2)16(5)6/h15-16H,7-14H2,1-6H3. The molecule has 0 aliphatic rings. The van der Waals surface area contributed by atoms with Crippen molar-refractivity contribution < 1.29 is 9.47 Å². The molecule has 0 amide bonds. The summed E-state index contributed by atoms with van der Waals surface area (Å²) < 4.78 is 11.2. The number of nitrogens with zero attached hydrogens (tertiary/aromatic N) is 2. The molecule has 0 atom stereocenters. The molecule has 0 unspecified atom stereocenters. The largest absolute Gasteiger partial charge is 0.378 e.